The molecule has 5 heteroatoms. The van der Waals surface area contributed by atoms with Crippen LogP contribution in [0.15, 0.2) is 0 Å². The van der Waals surface area contributed by atoms with Crippen molar-refractivity contribution in [3.05, 3.63) is 0 Å². The fraction of sp³-hybridized carbons (Fsp3) is 0.500. The quantitative estimate of drug-likeness (QED) is 0.407. The van der Waals surface area contributed by atoms with Crippen molar-refractivity contribution < 1.29 is 9.59 Å². The number of hydrogen-bond acceptors (Lipinski definition) is 3. The second-order valence-electron chi connectivity index (χ2n) is 1.49. The van der Waals surface area contributed by atoms with Gasteiger partial charge in [0, 0.05) is 13.8 Å². The summed E-state index contributed by atoms with van der Waals surface area (Å²) >= 11 is 0. The summed E-state index contributed by atoms with van der Waals surface area (Å²) in [6.45, 7) is 2.66. The molecule has 0 fully saturated rings. The molecule has 0 radical (unpaired) electrons. The molecule has 9 heavy (non-hydrogen) atoms. The summed E-state index contributed by atoms with van der Waals surface area (Å²) in [5.41, 5.74) is 6.50. The SMILES string of the molecule is CC(=O)NNNC(C)=O. The molecule has 0 bridgehead atoms. The molecule has 0 atom stereocenters. The lowest BCUT2D eigenvalue weighted by atomic mass is 10.7. The van der Waals surface area contributed by atoms with E-state index in [4.69, 9.17) is 0 Å². The zero-order valence-corrected chi connectivity index (χ0v) is 5.32. The van der Waals surface area contributed by atoms with Crippen LogP contribution in [0.25, 0.3) is 0 Å². The fourth-order valence-electron chi connectivity index (χ4n) is 0.207. The number of carbonyl (C=O) groups excluding carboxylic acids is 2. The van der Waals surface area contributed by atoms with E-state index in [1.807, 2.05) is 0 Å². The molecule has 2 amide bonds. The molecule has 0 heterocycles. The van der Waals surface area contributed by atoms with Gasteiger partial charge in [0.25, 0.3) is 0 Å². The summed E-state index contributed by atoms with van der Waals surface area (Å²) in [7, 11) is 0. The summed E-state index contributed by atoms with van der Waals surface area (Å²) in [5, 5.41) is 0. The monoisotopic (exact) mass is 131 g/mol. The zero-order valence-electron chi connectivity index (χ0n) is 5.32. The van der Waals surface area contributed by atoms with Gasteiger partial charge >= 0.3 is 0 Å². The smallest absolute Gasteiger partial charge is 0.232 e. The van der Waals surface area contributed by atoms with Gasteiger partial charge in [-0.3, -0.25) is 20.4 Å². The molecule has 0 rings (SSSR count). The van der Waals surface area contributed by atoms with Crippen LogP contribution in [0, 0.1) is 0 Å². The Bertz CT molecular complexity index is 109. The second-order valence-corrected chi connectivity index (χ2v) is 1.49. The van der Waals surface area contributed by atoms with Crippen molar-refractivity contribution in [2.24, 2.45) is 0 Å². The Morgan fingerprint density at radius 2 is 1.33 bits per heavy atom. The Hall–Kier alpha value is -1.10. The predicted molar refractivity (Wildman–Crippen MR) is 30.8 cm³/mol. The van der Waals surface area contributed by atoms with Gasteiger partial charge < -0.3 is 0 Å². The number of hydrogen-bond donors (Lipinski definition) is 3. The van der Waals surface area contributed by atoms with Crippen molar-refractivity contribution in [1.29, 1.82) is 0 Å². The van der Waals surface area contributed by atoms with E-state index in [1.54, 1.807) is 0 Å². The standard InChI is InChI=1S/C4H9N3O2/c1-3(8)5-7-6-4(2)9/h7H,1-2H3,(H,5,8)(H,6,9). The first-order valence-electron chi connectivity index (χ1n) is 2.41. The number of carbonyl (C=O) groups is 2. The molecule has 0 saturated carbocycles. The summed E-state index contributed by atoms with van der Waals surface area (Å²) in [6.07, 6.45) is 0. The second kappa shape index (κ2) is 3.85. The minimum Gasteiger partial charge on any atom is -0.274 e. The van der Waals surface area contributed by atoms with E-state index in [0.29, 0.717) is 0 Å². The summed E-state index contributed by atoms with van der Waals surface area (Å²) in [6, 6.07) is 0. The number of amides is 2. The maximum atomic E-state index is 10.1. The highest BCUT2D eigenvalue weighted by atomic mass is 16.2. The zero-order chi connectivity index (χ0) is 7.28. The van der Waals surface area contributed by atoms with Gasteiger partial charge in [-0.1, -0.05) is 0 Å². The van der Waals surface area contributed by atoms with Gasteiger partial charge in [-0.25, -0.2) is 0 Å². The molecule has 0 aromatic rings. The van der Waals surface area contributed by atoms with Crippen LogP contribution in [0.3, 0.4) is 0 Å². The molecule has 3 N–H and O–H groups in total. The fourth-order valence-corrected chi connectivity index (χ4v) is 0.207. The molecule has 0 saturated heterocycles. The molecule has 0 aliphatic rings. The van der Waals surface area contributed by atoms with Crippen molar-refractivity contribution in [2.45, 2.75) is 13.8 Å². The van der Waals surface area contributed by atoms with Gasteiger partial charge in [0.1, 0.15) is 0 Å². The van der Waals surface area contributed by atoms with Crippen LogP contribution >= 0.6 is 0 Å². The van der Waals surface area contributed by atoms with Crippen molar-refractivity contribution in [3.8, 4) is 0 Å². The van der Waals surface area contributed by atoms with Gasteiger partial charge in [-0.05, 0) is 0 Å². The maximum Gasteiger partial charge on any atom is 0.232 e. The first-order chi connectivity index (χ1) is 4.13. The highest BCUT2D eigenvalue weighted by Crippen LogP contribution is 1.52. The van der Waals surface area contributed by atoms with E-state index in [2.05, 4.69) is 16.4 Å². The topological polar surface area (TPSA) is 70.2 Å². The largest absolute Gasteiger partial charge is 0.274 e. The van der Waals surface area contributed by atoms with Gasteiger partial charge in [0.15, 0.2) is 0 Å². The van der Waals surface area contributed by atoms with Gasteiger partial charge in [0.2, 0.25) is 11.8 Å². The average molecular weight is 131 g/mol. The van der Waals surface area contributed by atoms with Gasteiger partial charge in [0.05, 0.1) is 0 Å². The van der Waals surface area contributed by atoms with E-state index in [1.165, 1.54) is 13.8 Å². The lowest BCUT2D eigenvalue weighted by Gasteiger charge is -2.02. The van der Waals surface area contributed by atoms with Crippen molar-refractivity contribution in [2.75, 3.05) is 0 Å². The molecule has 52 valence electrons. The van der Waals surface area contributed by atoms with Crippen molar-refractivity contribution in [3.63, 3.8) is 0 Å². The van der Waals surface area contributed by atoms with Gasteiger partial charge in [-0.2, -0.15) is 0 Å². The average Bonchev–Trinajstić information content (AvgIpc) is 1.63. The molecular formula is C4H9N3O2. The highest BCUT2D eigenvalue weighted by Gasteiger charge is 1.88. The van der Waals surface area contributed by atoms with E-state index in [0.717, 1.165) is 0 Å². The predicted octanol–water partition coefficient (Wildman–Crippen LogP) is -1.32. The van der Waals surface area contributed by atoms with Crippen LogP contribution in [0.1, 0.15) is 13.8 Å². The van der Waals surface area contributed by atoms with Crippen LogP contribution in [-0.2, 0) is 9.59 Å². The molecule has 0 aromatic heterocycles. The number of hydrazine groups is 2. The molecule has 0 aliphatic carbocycles. The summed E-state index contributed by atoms with van der Waals surface area (Å²) in [4.78, 5) is 20.2. The van der Waals surface area contributed by atoms with Gasteiger partial charge in [-0.15, -0.1) is 5.53 Å². The van der Waals surface area contributed by atoms with Crippen LogP contribution in [0.5, 0.6) is 0 Å². The number of rotatable bonds is 2. The minimum atomic E-state index is -0.260. The van der Waals surface area contributed by atoms with Crippen LogP contribution in [-0.4, -0.2) is 11.8 Å². The lowest BCUT2D eigenvalue weighted by Crippen LogP contribution is -2.47. The molecule has 0 aromatic carbocycles. The molecular weight excluding hydrogens is 122 g/mol. The van der Waals surface area contributed by atoms with E-state index in [9.17, 15) is 9.59 Å². The Labute approximate surface area is 52.7 Å². The van der Waals surface area contributed by atoms with Crippen LogP contribution in [0.2, 0.25) is 0 Å². The maximum absolute atomic E-state index is 10.1. The van der Waals surface area contributed by atoms with Crippen molar-refractivity contribution in [1.82, 2.24) is 16.4 Å². The molecule has 0 aliphatic heterocycles. The van der Waals surface area contributed by atoms with E-state index < -0.39 is 0 Å². The Morgan fingerprint density at radius 1 is 1.00 bits per heavy atom. The number of nitrogens with one attached hydrogen (secondary N) is 3. The van der Waals surface area contributed by atoms with E-state index >= 15 is 0 Å². The first kappa shape index (κ1) is 7.90. The third kappa shape index (κ3) is 6.90. The Morgan fingerprint density at radius 3 is 1.56 bits per heavy atom. The lowest BCUT2D eigenvalue weighted by molar-refractivity contribution is -0.122. The summed E-state index contributed by atoms with van der Waals surface area (Å²) < 4.78 is 0. The molecule has 5 nitrogen and oxygen atoms in total. The third-order valence-corrected chi connectivity index (χ3v) is 0.477. The Kier molecular flexibility index (Phi) is 3.38. The molecule has 0 spiro atoms. The highest BCUT2D eigenvalue weighted by molar-refractivity contribution is 5.74. The minimum absolute atomic E-state index is 0.260. The Balaban J connectivity index is 3.10. The summed E-state index contributed by atoms with van der Waals surface area (Å²) in [5.74, 6) is -0.521. The van der Waals surface area contributed by atoms with E-state index in [-0.39, 0.29) is 11.8 Å². The van der Waals surface area contributed by atoms with Crippen LogP contribution in [0.4, 0.5) is 0 Å². The van der Waals surface area contributed by atoms with Crippen molar-refractivity contribution >= 4 is 11.8 Å². The first-order valence-corrected chi connectivity index (χ1v) is 2.41. The third-order valence-electron chi connectivity index (χ3n) is 0.477. The van der Waals surface area contributed by atoms with Crippen LogP contribution < -0.4 is 16.4 Å². The normalized spacial score (nSPS) is 8.22. The molecule has 0 unspecified atom stereocenters.